The first-order valence-electron chi connectivity index (χ1n) is 4.52. The third-order valence-corrected chi connectivity index (χ3v) is 2.15. The number of alkyl halides is 1. The molecule has 14 heavy (non-hydrogen) atoms. The number of nitrogens with zero attached hydrogens (tertiary/aromatic N) is 1. The minimum atomic E-state index is -1.75. The van der Waals surface area contributed by atoms with E-state index in [-0.39, 0.29) is 6.61 Å². The second kappa shape index (κ2) is 4.91. The topological polar surface area (TPSA) is 59.3 Å². The molecule has 0 amide bonds. The molecule has 4 nitrogen and oxygen atoms in total. The van der Waals surface area contributed by atoms with Crippen molar-refractivity contribution in [1.82, 2.24) is 0 Å². The van der Waals surface area contributed by atoms with Crippen LogP contribution in [0.4, 0.5) is 4.39 Å². The zero-order chi connectivity index (χ0) is 10.6. The molecule has 1 rings (SSSR count). The van der Waals surface area contributed by atoms with Crippen molar-refractivity contribution in [3.05, 3.63) is 0 Å². The van der Waals surface area contributed by atoms with Crippen LogP contribution < -0.4 is 0 Å². The summed E-state index contributed by atoms with van der Waals surface area (Å²) in [6.07, 6.45) is -2.19. The molecular formula is C9H12FNO3. The minimum Gasteiger partial charge on any atom is -0.464 e. The highest BCUT2D eigenvalue weighted by atomic mass is 19.1. The first kappa shape index (κ1) is 10.9. The Labute approximate surface area is 81.6 Å². The van der Waals surface area contributed by atoms with Crippen LogP contribution in [0.25, 0.3) is 0 Å². The van der Waals surface area contributed by atoms with Gasteiger partial charge in [0.15, 0.2) is 0 Å². The van der Waals surface area contributed by atoms with Crippen molar-refractivity contribution in [3.63, 3.8) is 0 Å². The van der Waals surface area contributed by atoms with Crippen LogP contribution in [0, 0.1) is 17.2 Å². The highest BCUT2D eigenvalue weighted by Crippen LogP contribution is 2.26. The Kier molecular flexibility index (Phi) is 3.84. The van der Waals surface area contributed by atoms with E-state index in [9.17, 15) is 9.18 Å². The van der Waals surface area contributed by atoms with Gasteiger partial charge in [-0.25, -0.2) is 9.18 Å². The quantitative estimate of drug-likeness (QED) is 0.634. The van der Waals surface area contributed by atoms with Crippen LogP contribution in [0.2, 0.25) is 0 Å². The van der Waals surface area contributed by atoms with Crippen LogP contribution in [0.3, 0.4) is 0 Å². The first-order valence-corrected chi connectivity index (χ1v) is 4.52. The molecule has 78 valence electrons. The molecule has 1 heterocycles. The summed E-state index contributed by atoms with van der Waals surface area (Å²) in [5, 5.41) is 8.60. The zero-order valence-corrected chi connectivity index (χ0v) is 7.90. The molecule has 1 fully saturated rings. The predicted octanol–water partition coefficient (Wildman–Crippen LogP) is 0.816. The van der Waals surface area contributed by atoms with Crippen LogP contribution in [0.1, 0.15) is 13.3 Å². The van der Waals surface area contributed by atoms with Gasteiger partial charge in [-0.15, -0.1) is 0 Å². The third kappa shape index (κ3) is 2.20. The van der Waals surface area contributed by atoms with Crippen LogP contribution in [0.5, 0.6) is 0 Å². The summed E-state index contributed by atoms with van der Waals surface area (Å²) in [6.45, 7) is 2.07. The molecule has 0 spiro atoms. The highest BCUT2D eigenvalue weighted by Gasteiger charge is 2.39. The van der Waals surface area contributed by atoms with Gasteiger partial charge in [-0.1, -0.05) is 0 Å². The molecule has 0 aromatic rings. The molecule has 2 unspecified atom stereocenters. The predicted molar refractivity (Wildman–Crippen MR) is 45.0 cm³/mol. The monoisotopic (exact) mass is 201 g/mol. The highest BCUT2D eigenvalue weighted by molar-refractivity contribution is 5.75. The average Bonchev–Trinajstić information content (AvgIpc) is 2.64. The molecule has 0 saturated carbocycles. The maximum absolute atomic E-state index is 13.4. The summed E-state index contributed by atoms with van der Waals surface area (Å²) in [4.78, 5) is 11.0. The van der Waals surface area contributed by atoms with Crippen molar-refractivity contribution in [1.29, 1.82) is 5.26 Å². The van der Waals surface area contributed by atoms with Gasteiger partial charge in [0.2, 0.25) is 6.17 Å². The second-order valence-electron chi connectivity index (χ2n) is 3.03. The van der Waals surface area contributed by atoms with Gasteiger partial charge in [0.1, 0.15) is 6.10 Å². The Balaban J connectivity index is 2.55. The fourth-order valence-corrected chi connectivity index (χ4v) is 1.44. The Hall–Kier alpha value is -1.15. The lowest BCUT2D eigenvalue weighted by molar-refractivity contribution is -0.151. The number of hydrogen-bond acceptors (Lipinski definition) is 4. The van der Waals surface area contributed by atoms with E-state index >= 15 is 0 Å². The lowest BCUT2D eigenvalue weighted by Crippen LogP contribution is -2.32. The van der Waals surface area contributed by atoms with Crippen molar-refractivity contribution >= 4 is 5.97 Å². The maximum atomic E-state index is 13.4. The maximum Gasteiger partial charge on any atom is 0.341 e. The van der Waals surface area contributed by atoms with E-state index in [1.807, 2.05) is 6.07 Å². The van der Waals surface area contributed by atoms with Crippen LogP contribution in [0.15, 0.2) is 0 Å². The van der Waals surface area contributed by atoms with Gasteiger partial charge < -0.3 is 9.47 Å². The van der Waals surface area contributed by atoms with Gasteiger partial charge >= 0.3 is 5.97 Å². The van der Waals surface area contributed by atoms with Crippen LogP contribution in [-0.4, -0.2) is 31.5 Å². The van der Waals surface area contributed by atoms with Gasteiger partial charge in [-0.2, -0.15) is 5.26 Å². The van der Waals surface area contributed by atoms with E-state index in [0.717, 1.165) is 0 Å². The number of carbonyl (C=O) groups excluding carboxylic acids is 1. The number of nitriles is 1. The van der Waals surface area contributed by atoms with E-state index in [0.29, 0.717) is 13.0 Å². The molecule has 1 aliphatic heterocycles. The standard InChI is InChI=1S/C9H12FNO3/c1-2-13-9(12)8(10)6-3-4-14-7(6)5-11/h6-8H,2-4H2,1H3/t6-,7?,8?/m1/s1. The molecule has 0 aromatic carbocycles. The van der Waals surface area contributed by atoms with Gasteiger partial charge in [-0.3, -0.25) is 0 Å². The third-order valence-electron chi connectivity index (χ3n) is 2.15. The SMILES string of the molecule is CCOC(=O)C(F)[C@@H]1CCOC1C#N. The summed E-state index contributed by atoms with van der Waals surface area (Å²) < 4.78 is 22.9. The molecule has 0 radical (unpaired) electrons. The number of ether oxygens (including phenoxy) is 2. The normalized spacial score (nSPS) is 28.1. The fourth-order valence-electron chi connectivity index (χ4n) is 1.44. The summed E-state index contributed by atoms with van der Waals surface area (Å²) in [5.41, 5.74) is 0. The van der Waals surface area contributed by atoms with E-state index in [2.05, 4.69) is 4.74 Å². The average molecular weight is 201 g/mol. The van der Waals surface area contributed by atoms with Crippen molar-refractivity contribution in [2.24, 2.45) is 5.92 Å². The van der Waals surface area contributed by atoms with Crippen LogP contribution in [-0.2, 0) is 14.3 Å². The molecule has 0 N–H and O–H groups in total. The Morgan fingerprint density at radius 2 is 2.57 bits per heavy atom. The molecule has 0 aromatic heterocycles. The molecular weight excluding hydrogens is 189 g/mol. The second-order valence-corrected chi connectivity index (χ2v) is 3.03. The van der Waals surface area contributed by atoms with Gasteiger partial charge in [0.25, 0.3) is 0 Å². The zero-order valence-electron chi connectivity index (χ0n) is 7.90. The van der Waals surface area contributed by atoms with E-state index < -0.39 is 24.2 Å². The fraction of sp³-hybridized carbons (Fsp3) is 0.778. The summed E-state index contributed by atoms with van der Waals surface area (Å²) >= 11 is 0. The molecule has 5 heteroatoms. The lowest BCUT2D eigenvalue weighted by Gasteiger charge is -2.15. The van der Waals surface area contributed by atoms with Gasteiger partial charge in [0.05, 0.1) is 12.7 Å². The van der Waals surface area contributed by atoms with Crippen molar-refractivity contribution in [2.45, 2.75) is 25.6 Å². The molecule has 1 saturated heterocycles. The summed E-state index contributed by atoms with van der Waals surface area (Å²) in [7, 11) is 0. The number of carbonyl (C=O) groups is 1. The Morgan fingerprint density at radius 1 is 1.86 bits per heavy atom. The van der Waals surface area contributed by atoms with Crippen molar-refractivity contribution in [3.8, 4) is 6.07 Å². The summed E-state index contributed by atoms with van der Waals surface area (Å²) in [5.74, 6) is -1.58. The number of halogens is 1. The molecule has 0 aliphatic carbocycles. The molecule has 1 aliphatic rings. The number of rotatable bonds is 3. The van der Waals surface area contributed by atoms with Gasteiger partial charge in [-0.05, 0) is 13.3 Å². The minimum absolute atomic E-state index is 0.143. The number of hydrogen-bond donors (Lipinski definition) is 0. The Bertz CT molecular complexity index is 251. The number of esters is 1. The van der Waals surface area contributed by atoms with E-state index in [4.69, 9.17) is 10.00 Å². The largest absolute Gasteiger partial charge is 0.464 e. The smallest absolute Gasteiger partial charge is 0.341 e. The van der Waals surface area contributed by atoms with E-state index in [1.54, 1.807) is 6.92 Å². The van der Waals surface area contributed by atoms with Crippen molar-refractivity contribution in [2.75, 3.05) is 13.2 Å². The lowest BCUT2D eigenvalue weighted by atomic mass is 9.97. The van der Waals surface area contributed by atoms with E-state index in [1.165, 1.54) is 0 Å². The first-order chi connectivity index (χ1) is 6.70. The Morgan fingerprint density at radius 3 is 3.14 bits per heavy atom. The van der Waals surface area contributed by atoms with Gasteiger partial charge in [0, 0.05) is 12.5 Å². The molecule has 3 atom stereocenters. The van der Waals surface area contributed by atoms with Crippen LogP contribution >= 0.6 is 0 Å². The molecule has 0 bridgehead atoms. The van der Waals surface area contributed by atoms with Crippen molar-refractivity contribution < 1.29 is 18.7 Å². The summed E-state index contributed by atoms with van der Waals surface area (Å²) in [6, 6.07) is 1.82.